The molecule has 1 heterocycles. The molecule has 3 nitrogen and oxygen atoms in total. The highest BCUT2D eigenvalue weighted by Gasteiger charge is 2.10. The highest BCUT2D eigenvalue weighted by molar-refractivity contribution is 7.98. The van der Waals surface area contributed by atoms with Crippen molar-refractivity contribution in [2.45, 2.75) is 30.4 Å². The molecule has 0 atom stereocenters. The Balaban J connectivity index is 2.05. The molecule has 2 aromatic rings. The van der Waals surface area contributed by atoms with Crippen molar-refractivity contribution in [3.63, 3.8) is 0 Å². The van der Waals surface area contributed by atoms with E-state index in [1.165, 1.54) is 30.0 Å². The van der Waals surface area contributed by atoms with Crippen LogP contribution in [0.15, 0.2) is 28.5 Å². The molecular formula is C14H14FNO2S2. The quantitative estimate of drug-likeness (QED) is 0.811. The van der Waals surface area contributed by atoms with Gasteiger partial charge in [-0.15, -0.1) is 23.1 Å². The fraction of sp³-hybridized carbons (Fsp3) is 0.286. The second kappa shape index (κ2) is 6.85. The molecule has 0 amide bonds. The standard InChI is InChI=1S/C14H14FNO2S2/c1-2-3-13-16-10(8-20-13)7-19-12-6-9(14(17)18)4-5-11(12)15/h4-6,8H,2-3,7H2,1H3,(H,17,18). The van der Waals surface area contributed by atoms with Crippen LogP contribution in [0.1, 0.15) is 34.4 Å². The van der Waals surface area contributed by atoms with Crippen LogP contribution in [0.3, 0.4) is 0 Å². The lowest BCUT2D eigenvalue weighted by Crippen LogP contribution is -1.97. The second-order valence-corrected chi connectivity index (χ2v) is 6.18. The maximum atomic E-state index is 13.6. The Kier molecular flexibility index (Phi) is 5.14. The van der Waals surface area contributed by atoms with Crippen molar-refractivity contribution in [3.05, 3.63) is 45.7 Å². The number of benzene rings is 1. The number of carboxylic acid groups (broad SMARTS) is 1. The molecule has 20 heavy (non-hydrogen) atoms. The van der Waals surface area contributed by atoms with Crippen molar-refractivity contribution in [3.8, 4) is 0 Å². The lowest BCUT2D eigenvalue weighted by atomic mass is 10.2. The summed E-state index contributed by atoms with van der Waals surface area (Å²) in [6.07, 6.45) is 2.01. The predicted octanol–water partition coefficient (Wildman–Crippen LogP) is 4.23. The Bertz CT molecular complexity index is 613. The monoisotopic (exact) mass is 311 g/mol. The fourth-order valence-corrected chi connectivity index (χ4v) is 3.52. The van der Waals surface area contributed by atoms with Crippen molar-refractivity contribution < 1.29 is 14.3 Å². The molecule has 106 valence electrons. The van der Waals surface area contributed by atoms with Crippen molar-refractivity contribution in [2.75, 3.05) is 0 Å². The molecule has 0 aliphatic carbocycles. The third kappa shape index (κ3) is 3.80. The summed E-state index contributed by atoms with van der Waals surface area (Å²) in [4.78, 5) is 15.7. The molecule has 1 aromatic carbocycles. The number of hydrogen-bond donors (Lipinski definition) is 1. The summed E-state index contributed by atoms with van der Waals surface area (Å²) in [7, 11) is 0. The van der Waals surface area contributed by atoms with E-state index in [1.807, 2.05) is 5.38 Å². The first-order chi connectivity index (χ1) is 9.60. The summed E-state index contributed by atoms with van der Waals surface area (Å²) in [5, 5.41) is 12.0. The number of rotatable bonds is 6. The van der Waals surface area contributed by atoms with Crippen LogP contribution in [-0.4, -0.2) is 16.1 Å². The second-order valence-electron chi connectivity index (χ2n) is 4.22. The Labute approximate surface area is 124 Å². The first kappa shape index (κ1) is 15.0. The molecule has 0 saturated carbocycles. The zero-order valence-corrected chi connectivity index (χ0v) is 12.6. The smallest absolute Gasteiger partial charge is 0.335 e. The molecule has 0 unspecified atom stereocenters. The van der Waals surface area contributed by atoms with Crippen molar-refractivity contribution in [2.24, 2.45) is 0 Å². The number of halogens is 1. The Morgan fingerprint density at radius 1 is 1.50 bits per heavy atom. The van der Waals surface area contributed by atoms with Gasteiger partial charge in [-0.2, -0.15) is 0 Å². The number of thioether (sulfide) groups is 1. The molecule has 6 heteroatoms. The van der Waals surface area contributed by atoms with Gasteiger partial charge in [-0.05, 0) is 31.0 Å². The van der Waals surface area contributed by atoms with E-state index in [1.54, 1.807) is 11.3 Å². The van der Waals surface area contributed by atoms with Crippen LogP contribution in [0.2, 0.25) is 0 Å². The van der Waals surface area contributed by atoms with Gasteiger partial charge in [-0.1, -0.05) is 6.92 Å². The molecule has 0 bridgehead atoms. The zero-order chi connectivity index (χ0) is 14.5. The number of aromatic carboxylic acids is 1. The minimum atomic E-state index is -1.05. The minimum Gasteiger partial charge on any atom is -0.478 e. The number of aryl methyl sites for hydroxylation is 1. The Morgan fingerprint density at radius 2 is 2.30 bits per heavy atom. The summed E-state index contributed by atoms with van der Waals surface area (Å²) < 4.78 is 13.6. The van der Waals surface area contributed by atoms with E-state index in [0.717, 1.165) is 23.5 Å². The number of hydrogen-bond acceptors (Lipinski definition) is 4. The van der Waals surface area contributed by atoms with Gasteiger partial charge in [-0.25, -0.2) is 14.2 Å². The molecule has 1 aromatic heterocycles. The third-order valence-corrected chi connectivity index (χ3v) is 4.64. The van der Waals surface area contributed by atoms with Gasteiger partial charge in [0.25, 0.3) is 0 Å². The van der Waals surface area contributed by atoms with Gasteiger partial charge < -0.3 is 5.11 Å². The SMILES string of the molecule is CCCc1nc(CSc2cc(C(=O)O)ccc2F)cs1. The Morgan fingerprint density at radius 3 is 3.00 bits per heavy atom. The third-order valence-electron chi connectivity index (χ3n) is 2.62. The van der Waals surface area contributed by atoms with Gasteiger partial charge in [0.1, 0.15) is 5.82 Å². The van der Waals surface area contributed by atoms with Crippen LogP contribution < -0.4 is 0 Å². The Hall–Kier alpha value is -1.40. The topological polar surface area (TPSA) is 50.2 Å². The average Bonchev–Trinajstić information content (AvgIpc) is 2.86. The molecular weight excluding hydrogens is 297 g/mol. The maximum absolute atomic E-state index is 13.6. The molecule has 0 saturated heterocycles. The highest BCUT2D eigenvalue weighted by atomic mass is 32.2. The van der Waals surface area contributed by atoms with E-state index in [-0.39, 0.29) is 5.56 Å². The van der Waals surface area contributed by atoms with Crippen LogP contribution in [-0.2, 0) is 12.2 Å². The van der Waals surface area contributed by atoms with E-state index in [0.29, 0.717) is 10.6 Å². The summed E-state index contributed by atoms with van der Waals surface area (Å²) >= 11 is 2.88. The van der Waals surface area contributed by atoms with Crippen LogP contribution in [0, 0.1) is 5.82 Å². The molecule has 0 fully saturated rings. The number of carbonyl (C=O) groups is 1. The molecule has 0 aliphatic rings. The number of nitrogens with zero attached hydrogens (tertiary/aromatic N) is 1. The maximum Gasteiger partial charge on any atom is 0.335 e. The fourth-order valence-electron chi connectivity index (χ4n) is 1.64. The summed E-state index contributed by atoms with van der Waals surface area (Å²) in [5.74, 6) is -0.907. The summed E-state index contributed by atoms with van der Waals surface area (Å²) in [6, 6.07) is 3.82. The highest BCUT2D eigenvalue weighted by Crippen LogP contribution is 2.27. The first-order valence-electron chi connectivity index (χ1n) is 6.19. The number of aromatic nitrogens is 1. The van der Waals surface area contributed by atoms with E-state index < -0.39 is 11.8 Å². The van der Waals surface area contributed by atoms with E-state index in [2.05, 4.69) is 11.9 Å². The summed E-state index contributed by atoms with van der Waals surface area (Å²) in [5.41, 5.74) is 1.00. The van der Waals surface area contributed by atoms with Gasteiger partial charge in [0.2, 0.25) is 0 Å². The molecule has 2 rings (SSSR count). The van der Waals surface area contributed by atoms with Gasteiger partial charge in [-0.3, -0.25) is 0 Å². The van der Waals surface area contributed by atoms with Crippen LogP contribution in [0.25, 0.3) is 0 Å². The van der Waals surface area contributed by atoms with Gasteiger partial charge in [0.15, 0.2) is 0 Å². The number of carboxylic acids is 1. The molecule has 0 radical (unpaired) electrons. The van der Waals surface area contributed by atoms with Crippen molar-refractivity contribution >= 4 is 29.1 Å². The normalized spacial score (nSPS) is 10.7. The van der Waals surface area contributed by atoms with Crippen LogP contribution in [0.5, 0.6) is 0 Å². The van der Waals surface area contributed by atoms with Gasteiger partial charge >= 0.3 is 5.97 Å². The molecule has 0 aliphatic heterocycles. The van der Waals surface area contributed by atoms with Gasteiger partial charge in [0, 0.05) is 16.0 Å². The molecule has 1 N–H and O–H groups in total. The summed E-state index contributed by atoms with van der Waals surface area (Å²) in [6.45, 7) is 2.10. The van der Waals surface area contributed by atoms with Crippen LogP contribution in [0.4, 0.5) is 4.39 Å². The molecule has 0 spiro atoms. The van der Waals surface area contributed by atoms with Crippen molar-refractivity contribution in [1.29, 1.82) is 0 Å². The average molecular weight is 311 g/mol. The van der Waals surface area contributed by atoms with Gasteiger partial charge in [0.05, 0.1) is 16.3 Å². The van der Waals surface area contributed by atoms with Crippen molar-refractivity contribution in [1.82, 2.24) is 4.98 Å². The van der Waals surface area contributed by atoms with E-state index in [9.17, 15) is 9.18 Å². The van der Waals surface area contributed by atoms with E-state index >= 15 is 0 Å². The first-order valence-corrected chi connectivity index (χ1v) is 8.05. The lowest BCUT2D eigenvalue weighted by molar-refractivity contribution is 0.0696. The zero-order valence-electron chi connectivity index (χ0n) is 10.9. The largest absolute Gasteiger partial charge is 0.478 e. The number of thiazole rings is 1. The minimum absolute atomic E-state index is 0.0962. The van der Waals surface area contributed by atoms with Crippen LogP contribution >= 0.6 is 23.1 Å². The predicted molar refractivity (Wildman–Crippen MR) is 79.0 cm³/mol. The lowest BCUT2D eigenvalue weighted by Gasteiger charge is -2.03. The van der Waals surface area contributed by atoms with E-state index in [4.69, 9.17) is 5.11 Å².